The number of anilines is 2. The molecule has 1 saturated heterocycles. The van der Waals surface area contributed by atoms with Crippen LogP contribution in [0, 0.1) is 6.92 Å². The second-order valence-corrected chi connectivity index (χ2v) is 6.88. The van der Waals surface area contributed by atoms with Gasteiger partial charge in [0.2, 0.25) is 0 Å². The van der Waals surface area contributed by atoms with Crippen LogP contribution in [0.25, 0.3) is 0 Å². The maximum Gasteiger partial charge on any atom is 0.272 e. The number of aryl methyl sites for hydroxylation is 1. The Hall–Kier alpha value is -2.74. The van der Waals surface area contributed by atoms with Gasteiger partial charge >= 0.3 is 0 Å². The highest BCUT2D eigenvalue weighted by molar-refractivity contribution is 5.93. The van der Waals surface area contributed by atoms with Gasteiger partial charge in [0.15, 0.2) is 0 Å². The number of nitrogens with one attached hydrogen (secondary N) is 1. The number of amides is 1. The highest BCUT2D eigenvalue weighted by atomic mass is 16.2. The summed E-state index contributed by atoms with van der Waals surface area (Å²) in [5, 5.41) is 3.26. The van der Waals surface area contributed by atoms with Crippen LogP contribution in [0.5, 0.6) is 0 Å². The first-order valence-electron chi connectivity index (χ1n) is 9.22. The van der Waals surface area contributed by atoms with Crippen molar-refractivity contribution in [2.75, 3.05) is 63.6 Å². The molecular formula is C19H27N7O. The number of carbonyl (C=O) groups is 1. The van der Waals surface area contributed by atoms with Crippen LogP contribution in [0.2, 0.25) is 0 Å². The molecule has 0 aliphatic carbocycles. The molecule has 2 aromatic heterocycles. The summed E-state index contributed by atoms with van der Waals surface area (Å²) in [4.78, 5) is 32.2. The van der Waals surface area contributed by atoms with Gasteiger partial charge in [-0.2, -0.15) is 0 Å². The van der Waals surface area contributed by atoms with Crippen LogP contribution in [0.4, 0.5) is 11.6 Å². The molecule has 3 heterocycles. The fourth-order valence-corrected chi connectivity index (χ4v) is 3.02. The molecule has 1 aliphatic rings. The standard InChI is InChI=1S/C19H27N7O/c1-15-22-16(14-17(23-15)20-8-9-24(2)3)19(27)26-12-10-25(11-13-26)18-6-4-5-7-21-18/h4-7,14H,8-13H2,1-3H3,(H,20,22,23). The van der Waals surface area contributed by atoms with Gasteiger partial charge in [0.25, 0.3) is 5.91 Å². The third-order valence-electron chi connectivity index (χ3n) is 4.46. The predicted octanol–water partition coefficient (Wildman–Crippen LogP) is 1.12. The second kappa shape index (κ2) is 8.77. The van der Waals surface area contributed by atoms with Crippen LogP contribution in [-0.2, 0) is 0 Å². The average Bonchev–Trinajstić information content (AvgIpc) is 2.67. The fourth-order valence-electron chi connectivity index (χ4n) is 3.02. The topological polar surface area (TPSA) is 77.5 Å². The predicted molar refractivity (Wildman–Crippen MR) is 106 cm³/mol. The summed E-state index contributed by atoms with van der Waals surface area (Å²) in [7, 11) is 4.04. The van der Waals surface area contributed by atoms with E-state index < -0.39 is 0 Å². The van der Waals surface area contributed by atoms with Crippen molar-refractivity contribution in [3.63, 3.8) is 0 Å². The number of carbonyl (C=O) groups excluding carboxylic acids is 1. The summed E-state index contributed by atoms with van der Waals surface area (Å²) < 4.78 is 0. The molecule has 0 atom stereocenters. The zero-order chi connectivity index (χ0) is 19.2. The summed E-state index contributed by atoms with van der Waals surface area (Å²) in [6.45, 7) is 6.31. The van der Waals surface area contributed by atoms with Gasteiger partial charge in [0.1, 0.15) is 23.2 Å². The van der Waals surface area contributed by atoms with E-state index in [2.05, 4.69) is 30.1 Å². The summed E-state index contributed by atoms with van der Waals surface area (Å²) in [6.07, 6.45) is 1.79. The molecule has 2 aromatic rings. The molecule has 1 fully saturated rings. The van der Waals surface area contributed by atoms with Gasteiger partial charge in [-0.3, -0.25) is 4.79 Å². The third-order valence-corrected chi connectivity index (χ3v) is 4.46. The Labute approximate surface area is 160 Å². The number of aromatic nitrogens is 3. The van der Waals surface area contributed by atoms with Crippen molar-refractivity contribution in [3.8, 4) is 0 Å². The van der Waals surface area contributed by atoms with Crippen LogP contribution in [-0.4, -0.2) is 84.0 Å². The SMILES string of the molecule is Cc1nc(NCCN(C)C)cc(C(=O)N2CCN(c3ccccn3)CC2)n1. The third kappa shape index (κ3) is 5.13. The molecule has 144 valence electrons. The van der Waals surface area contributed by atoms with Crippen molar-refractivity contribution in [3.05, 3.63) is 42.0 Å². The van der Waals surface area contributed by atoms with E-state index in [1.54, 1.807) is 12.3 Å². The van der Waals surface area contributed by atoms with Gasteiger partial charge in [-0.05, 0) is 33.2 Å². The lowest BCUT2D eigenvalue weighted by molar-refractivity contribution is 0.0740. The molecule has 0 unspecified atom stereocenters. The van der Waals surface area contributed by atoms with Crippen molar-refractivity contribution < 1.29 is 4.79 Å². The quantitative estimate of drug-likeness (QED) is 0.817. The molecule has 1 amide bonds. The monoisotopic (exact) mass is 369 g/mol. The van der Waals surface area contributed by atoms with Crippen molar-refractivity contribution >= 4 is 17.5 Å². The van der Waals surface area contributed by atoms with Crippen molar-refractivity contribution in [1.29, 1.82) is 0 Å². The Morgan fingerprint density at radius 2 is 1.96 bits per heavy atom. The first-order valence-corrected chi connectivity index (χ1v) is 9.22. The largest absolute Gasteiger partial charge is 0.369 e. The highest BCUT2D eigenvalue weighted by Crippen LogP contribution is 2.15. The minimum absolute atomic E-state index is 0.0446. The lowest BCUT2D eigenvalue weighted by atomic mass is 10.2. The minimum Gasteiger partial charge on any atom is -0.369 e. The molecule has 1 N–H and O–H groups in total. The van der Waals surface area contributed by atoms with Gasteiger partial charge in [-0.25, -0.2) is 15.0 Å². The molecule has 0 spiro atoms. The summed E-state index contributed by atoms with van der Waals surface area (Å²) in [6, 6.07) is 7.63. The first kappa shape index (κ1) is 19.0. The van der Waals surface area contributed by atoms with Gasteiger partial charge in [0, 0.05) is 51.5 Å². The molecule has 3 rings (SSSR count). The molecule has 0 bridgehead atoms. The van der Waals surface area contributed by atoms with Crippen LogP contribution >= 0.6 is 0 Å². The Morgan fingerprint density at radius 1 is 1.19 bits per heavy atom. The Kier molecular flexibility index (Phi) is 6.18. The number of pyridine rings is 1. The van der Waals surface area contributed by atoms with Gasteiger partial charge in [-0.1, -0.05) is 6.07 Å². The van der Waals surface area contributed by atoms with Crippen LogP contribution < -0.4 is 10.2 Å². The number of hydrogen-bond acceptors (Lipinski definition) is 7. The maximum atomic E-state index is 12.9. The van der Waals surface area contributed by atoms with E-state index in [9.17, 15) is 4.79 Å². The molecule has 0 radical (unpaired) electrons. The van der Waals surface area contributed by atoms with Crippen LogP contribution in [0.15, 0.2) is 30.5 Å². The number of nitrogens with zero attached hydrogens (tertiary/aromatic N) is 6. The summed E-state index contributed by atoms with van der Waals surface area (Å²) in [5.74, 6) is 2.20. The molecule has 8 nitrogen and oxygen atoms in total. The van der Waals surface area contributed by atoms with Gasteiger partial charge in [0.05, 0.1) is 0 Å². The van der Waals surface area contributed by atoms with Gasteiger partial charge < -0.3 is 20.0 Å². The molecule has 27 heavy (non-hydrogen) atoms. The molecule has 0 aromatic carbocycles. The van der Waals surface area contributed by atoms with Gasteiger partial charge in [-0.15, -0.1) is 0 Å². The van der Waals surface area contributed by atoms with Crippen molar-refractivity contribution in [2.45, 2.75) is 6.92 Å². The smallest absolute Gasteiger partial charge is 0.272 e. The number of rotatable bonds is 6. The highest BCUT2D eigenvalue weighted by Gasteiger charge is 2.24. The normalized spacial score (nSPS) is 14.5. The molecule has 8 heteroatoms. The Bertz CT molecular complexity index is 758. The molecular weight excluding hydrogens is 342 g/mol. The molecule has 0 saturated carbocycles. The Morgan fingerprint density at radius 3 is 2.63 bits per heavy atom. The lowest BCUT2D eigenvalue weighted by Crippen LogP contribution is -2.49. The maximum absolute atomic E-state index is 12.9. The van der Waals surface area contributed by atoms with E-state index in [0.29, 0.717) is 30.4 Å². The van der Waals surface area contributed by atoms with Crippen molar-refractivity contribution in [1.82, 2.24) is 24.8 Å². The lowest BCUT2D eigenvalue weighted by Gasteiger charge is -2.35. The summed E-state index contributed by atoms with van der Waals surface area (Å²) in [5.41, 5.74) is 0.445. The minimum atomic E-state index is -0.0446. The summed E-state index contributed by atoms with van der Waals surface area (Å²) >= 11 is 0. The average molecular weight is 369 g/mol. The van der Waals surface area contributed by atoms with Crippen LogP contribution in [0.3, 0.4) is 0 Å². The first-order chi connectivity index (χ1) is 13.0. The van der Waals surface area contributed by atoms with Crippen molar-refractivity contribution in [2.24, 2.45) is 0 Å². The zero-order valence-electron chi connectivity index (χ0n) is 16.2. The number of hydrogen-bond donors (Lipinski definition) is 1. The Balaban J connectivity index is 1.61. The van der Waals surface area contributed by atoms with E-state index in [1.807, 2.05) is 44.1 Å². The van der Waals surface area contributed by atoms with E-state index in [4.69, 9.17) is 0 Å². The molecule has 1 aliphatic heterocycles. The number of likely N-dealkylation sites (N-methyl/N-ethyl adjacent to an activating group) is 1. The second-order valence-electron chi connectivity index (χ2n) is 6.88. The van der Waals surface area contributed by atoms with Crippen LogP contribution in [0.1, 0.15) is 16.3 Å². The van der Waals surface area contributed by atoms with E-state index in [0.717, 1.165) is 32.0 Å². The zero-order valence-corrected chi connectivity index (χ0v) is 16.2. The fraction of sp³-hybridized carbons (Fsp3) is 0.474. The van der Waals surface area contributed by atoms with E-state index >= 15 is 0 Å². The van der Waals surface area contributed by atoms with E-state index in [1.165, 1.54) is 0 Å². The van der Waals surface area contributed by atoms with E-state index in [-0.39, 0.29) is 5.91 Å². The number of piperazine rings is 1.